The van der Waals surface area contributed by atoms with Gasteiger partial charge >= 0.3 is 5.97 Å². The Kier molecular flexibility index (Phi) is 6.15. The molecule has 1 N–H and O–H groups in total. The second-order valence-electron chi connectivity index (χ2n) is 8.22. The van der Waals surface area contributed by atoms with Gasteiger partial charge in [0, 0.05) is 4.47 Å². The number of imide groups is 1. The number of aromatic carboxylic acids is 1. The lowest BCUT2D eigenvalue weighted by atomic mass is 9.87. The van der Waals surface area contributed by atoms with E-state index in [9.17, 15) is 19.5 Å². The van der Waals surface area contributed by atoms with Crippen molar-refractivity contribution in [2.75, 3.05) is 24.2 Å². The second-order valence-corrected chi connectivity index (χ2v) is 9.13. The molecule has 0 unspecified atom stereocenters. The Hall–Kier alpha value is -3.89. The zero-order valence-corrected chi connectivity index (χ0v) is 20.8. The number of amides is 2. The topological polar surface area (TPSA) is 106 Å². The number of carboxylic acid groups (broad SMARTS) is 1. The van der Waals surface area contributed by atoms with Gasteiger partial charge < -0.3 is 14.6 Å². The highest BCUT2D eigenvalue weighted by atomic mass is 79.9. The Balaban J connectivity index is 1.68. The SMILES string of the molecule is COc1ccc([C@@H]2[C@@H]3C(=O)N(c4ccc(Br)cc4)C(=O)[C@@H]3ON2c2ccccc2)c(C(=O)O)c1OC. The van der Waals surface area contributed by atoms with Crippen molar-refractivity contribution in [3.8, 4) is 11.5 Å². The summed E-state index contributed by atoms with van der Waals surface area (Å²) < 4.78 is 11.5. The zero-order chi connectivity index (χ0) is 25.6. The van der Waals surface area contributed by atoms with Gasteiger partial charge in [-0.15, -0.1) is 0 Å². The molecule has 0 saturated carbocycles. The summed E-state index contributed by atoms with van der Waals surface area (Å²) in [4.78, 5) is 46.9. The number of carboxylic acids is 1. The van der Waals surface area contributed by atoms with Crippen LogP contribution in [0.2, 0.25) is 0 Å². The Morgan fingerprint density at radius 3 is 2.22 bits per heavy atom. The number of halogens is 1. The van der Waals surface area contributed by atoms with Crippen LogP contribution in [0.25, 0.3) is 0 Å². The Morgan fingerprint density at radius 2 is 1.61 bits per heavy atom. The third-order valence-electron chi connectivity index (χ3n) is 6.32. The number of hydrogen-bond acceptors (Lipinski definition) is 7. The number of anilines is 2. The van der Waals surface area contributed by atoms with Gasteiger partial charge in [0.15, 0.2) is 17.6 Å². The molecule has 0 aromatic heterocycles. The van der Waals surface area contributed by atoms with Gasteiger partial charge in [-0.25, -0.2) is 14.8 Å². The van der Waals surface area contributed by atoms with Crippen molar-refractivity contribution in [2.45, 2.75) is 12.1 Å². The highest BCUT2D eigenvalue weighted by Crippen LogP contribution is 2.50. The number of fused-ring (bicyclic) bond motifs is 1. The van der Waals surface area contributed by atoms with Gasteiger partial charge in [-0.2, -0.15) is 0 Å². The van der Waals surface area contributed by atoms with Gasteiger partial charge in [0.05, 0.1) is 31.6 Å². The molecule has 2 fully saturated rings. The maximum absolute atomic E-state index is 13.8. The fourth-order valence-corrected chi connectivity index (χ4v) is 5.05. The second kappa shape index (κ2) is 9.29. The lowest BCUT2D eigenvalue weighted by Gasteiger charge is -2.30. The third-order valence-corrected chi connectivity index (χ3v) is 6.85. The third kappa shape index (κ3) is 3.69. The highest BCUT2D eigenvalue weighted by molar-refractivity contribution is 9.10. The fraction of sp³-hybridized carbons (Fsp3) is 0.192. The number of carbonyl (C=O) groups is 3. The molecule has 0 aliphatic carbocycles. The number of ether oxygens (including phenoxy) is 2. The van der Waals surface area contributed by atoms with Crippen LogP contribution in [0, 0.1) is 5.92 Å². The van der Waals surface area contributed by atoms with Gasteiger partial charge in [-0.05, 0) is 48.0 Å². The van der Waals surface area contributed by atoms with Crippen molar-refractivity contribution in [2.24, 2.45) is 5.92 Å². The van der Waals surface area contributed by atoms with E-state index in [0.717, 1.165) is 9.37 Å². The van der Waals surface area contributed by atoms with Crippen LogP contribution in [-0.4, -0.2) is 43.2 Å². The van der Waals surface area contributed by atoms with Crippen LogP contribution in [0.15, 0.2) is 71.2 Å². The van der Waals surface area contributed by atoms with E-state index in [2.05, 4.69) is 15.9 Å². The minimum atomic E-state index is -1.27. The Morgan fingerprint density at radius 1 is 0.917 bits per heavy atom. The van der Waals surface area contributed by atoms with Crippen molar-refractivity contribution in [3.05, 3.63) is 82.3 Å². The molecule has 0 spiro atoms. The van der Waals surface area contributed by atoms with Crippen LogP contribution in [0.5, 0.6) is 11.5 Å². The number of benzene rings is 3. The average molecular weight is 553 g/mol. The maximum atomic E-state index is 13.8. The molecular formula is C26H21BrN2O7. The van der Waals surface area contributed by atoms with Crippen LogP contribution in [-0.2, 0) is 14.4 Å². The quantitative estimate of drug-likeness (QED) is 0.453. The fourth-order valence-electron chi connectivity index (χ4n) is 4.78. The molecule has 184 valence electrons. The van der Waals surface area contributed by atoms with Crippen LogP contribution < -0.4 is 19.4 Å². The van der Waals surface area contributed by atoms with E-state index < -0.39 is 35.8 Å². The monoisotopic (exact) mass is 552 g/mol. The summed E-state index contributed by atoms with van der Waals surface area (Å²) in [5, 5.41) is 11.6. The van der Waals surface area contributed by atoms with Crippen molar-refractivity contribution in [1.82, 2.24) is 0 Å². The minimum absolute atomic E-state index is 0.0144. The molecule has 3 aromatic rings. The summed E-state index contributed by atoms with van der Waals surface area (Å²) in [5.41, 5.74) is 1.06. The first-order valence-electron chi connectivity index (χ1n) is 11.0. The van der Waals surface area contributed by atoms with Crippen molar-refractivity contribution < 1.29 is 33.8 Å². The van der Waals surface area contributed by atoms with E-state index >= 15 is 0 Å². The summed E-state index contributed by atoms with van der Waals surface area (Å²) in [6.45, 7) is 0. The summed E-state index contributed by atoms with van der Waals surface area (Å²) in [7, 11) is 2.75. The summed E-state index contributed by atoms with van der Waals surface area (Å²) in [6.07, 6.45) is -1.14. The van der Waals surface area contributed by atoms with Crippen molar-refractivity contribution in [3.63, 3.8) is 0 Å². The van der Waals surface area contributed by atoms with Gasteiger partial charge in [-0.1, -0.05) is 40.2 Å². The van der Waals surface area contributed by atoms with E-state index in [1.54, 1.807) is 60.7 Å². The predicted octanol–water partition coefficient (Wildman–Crippen LogP) is 4.22. The van der Waals surface area contributed by atoms with E-state index in [4.69, 9.17) is 14.3 Å². The largest absolute Gasteiger partial charge is 0.493 e. The lowest BCUT2D eigenvalue weighted by Crippen LogP contribution is -2.37. The smallest absolute Gasteiger partial charge is 0.339 e. The molecule has 2 aliphatic rings. The number of carbonyl (C=O) groups excluding carboxylic acids is 2. The zero-order valence-electron chi connectivity index (χ0n) is 19.3. The normalized spacial score (nSPS) is 21.0. The highest BCUT2D eigenvalue weighted by Gasteiger charge is 2.61. The van der Waals surface area contributed by atoms with Crippen LogP contribution in [0.4, 0.5) is 11.4 Å². The average Bonchev–Trinajstić information content (AvgIpc) is 3.39. The Labute approximate surface area is 214 Å². The Bertz CT molecular complexity index is 1350. The van der Waals surface area contributed by atoms with Gasteiger partial charge in [0.2, 0.25) is 5.91 Å². The molecule has 36 heavy (non-hydrogen) atoms. The van der Waals surface area contributed by atoms with E-state index in [1.165, 1.54) is 19.3 Å². The first-order valence-corrected chi connectivity index (χ1v) is 11.8. The molecule has 3 atom stereocenters. The van der Waals surface area contributed by atoms with E-state index in [1.807, 2.05) is 6.07 Å². The van der Waals surface area contributed by atoms with Crippen molar-refractivity contribution >= 4 is 45.1 Å². The van der Waals surface area contributed by atoms with Crippen LogP contribution in [0.1, 0.15) is 22.0 Å². The first-order chi connectivity index (χ1) is 17.4. The number of rotatable bonds is 6. The molecule has 5 rings (SSSR count). The van der Waals surface area contributed by atoms with E-state index in [-0.39, 0.29) is 22.6 Å². The minimum Gasteiger partial charge on any atom is -0.493 e. The van der Waals surface area contributed by atoms with E-state index in [0.29, 0.717) is 11.4 Å². The molecule has 2 saturated heterocycles. The molecule has 0 bridgehead atoms. The molecule has 0 radical (unpaired) electrons. The van der Waals surface area contributed by atoms with Gasteiger partial charge in [-0.3, -0.25) is 14.4 Å². The van der Waals surface area contributed by atoms with Gasteiger partial charge in [0.25, 0.3) is 5.91 Å². The molecular weight excluding hydrogens is 532 g/mol. The van der Waals surface area contributed by atoms with Crippen LogP contribution >= 0.6 is 15.9 Å². The number of hydroxylamine groups is 1. The maximum Gasteiger partial charge on any atom is 0.339 e. The molecule has 3 aromatic carbocycles. The van der Waals surface area contributed by atoms with Crippen LogP contribution in [0.3, 0.4) is 0 Å². The molecule has 2 heterocycles. The number of para-hydroxylation sites is 1. The number of nitrogens with zero attached hydrogens (tertiary/aromatic N) is 2. The number of methoxy groups -OCH3 is 2. The summed E-state index contributed by atoms with van der Waals surface area (Å²) in [6, 6.07) is 17.9. The summed E-state index contributed by atoms with van der Waals surface area (Å²) in [5.74, 6) is -3.03. The van der Waals surface area contributed by atoms with Crippen molar-refractivity contribution in [1.29, 1.82) is 0 Å². The number of hydrogen-bond donors (Lipinski definition) is 1. The predicted molar refractivity (Wildman–Crippen MR) is 133 cm³/mol. The molecule has 2 aliphatic heterocycles. The molecule has 9 nitrogen and oxygen atoms in total. The molecule has 10 heteroatoms. The lowest BCUT2D eigenvalue weighted by molar-refractivity contribution is -0.126. The van der Waals surface area contributed by atoms with Gasteiger partial charge in [0.1, 0.15) is 11.5 Å². The summed E-state index contributed by atoms with van der Waals surface area (Å²) >= 11 is 3.36. The first kappa shape index (κ1) is 23.8. The molecule has 2 amide bonds. The standard InChI is InChI=1S/C26H21BrN2O7/c1-34-18-13-12-17(19(26(32)33)22(18)35-2)21-20-23(36-29(21)16-6-4-3-5-7-16)25(31)28(24(20)30)15-10-8-14(27)9-11-15/h3-13,20-21,23H,1-2H3,(H,32,33)/t20-,21+,23+/m0/s1.